The second kappa shape index (κ2) is 8.52. The van der Waals surface area contributed by atoms with Gasteiger partial charge in [-0.3, -0.25) is 4.79 Å². The van der Waals surface area contributed by atoms with Crippen molar-refractivity contribution in [2.24, 2.45) is 0 Å². The number of hydrogen-bond donors (Lipinski definition) is 1. The van der Waals surface area contributed by atoms with Gasteiger partial charge in [0.1, 0.15) is 19.5 Å². The Morgan fingerprint density at radius 3 is 2.50 bits per heavy atom. The molecule has 0 aromatic heterocycles. The minimum absolute atomic E-state index is 0.110. The molecule has 3 rings (SSSR count). The van der Waals surface area contributed by atoms with Crippen LogP contribution in [0.4, 0.5) is 0 Å². The fraction of sp³-hybridized carbons (Fsp3) is 0.471. The molecule has 0 atom stereocenters. The number of carbonyl (C=O) groups is 1. The molecule has 26 heavy (non-hydrogen) atoms. The van der Waals surface area contributed by atoms with Gasteiger partial charge >= 0.3 is 0 Å². The van der Waals surface area contributed by atoms with Crippen LogP contribution in [0.3, 0.4) is 0 Å². The molecule has 2 aliphatic heterocycles. The average Bonchev–Trinajstić information content (AvgIpc) is 2.68. The average molecular weight is 382 g/mol. The first-order chi connectivity index (χ1) is 12.6. The number of hydrogen-bond acceptors (Lipinski definition) is 6. The summed E-state index contributed by atoms with van der Waals surface area (Å²) >= 11 is 0. The molecule has 1 aromatic carbocycles. The maximum atomic E-state index is 12.6. The molecule has 1 aromatic rings. The number of ether oxygens (including phenoxy) is 3. The summed E-state index contributed by atoms with van der Waals surface area (Å²) < 4.78 is 42.2. The smallest absolute Gasteiger partial charge is 0.289 e. The first kappa shape index (κ1) is 18.7. The molecule has 0 spiro atoms. The normalized spacial score (nSPS) is 18.4. The molecular weight excluding hydrogens is 360 g/mol. The Balaban J connectivity index is 1.66. The first-order valence-corrected chi connectivity index (χ1v) is 10.0. The molecule has 142 valence electrons. The molecule has 0 radical (unpaired) electrons. The van der Waals surface area contributed by atoms with Crippen molar-refractivity contribution in [3.05, 3.63) is 47.4 Å². The quantitative estimate of drug-likeness (QED) is 0.763. The molecule has 0 aliphatic carbocycles. The molecule has 0 bridgehead atoms. The SMILES string of the molecule is O=C(NCc1ccccc1CS(=O)(=O)N1CCOCC1)C1=COCCO1. The number of rotatable bonds is 6. The maximum Gasteiger partial charge on any atom is 0.289 e. The zero-order chi connectivity index (χ0) is 18.4. The Hall–Kier alpha value is -2.10. The molecule has 0 saturated carbocycles. The van der Waals surface area contributed by atoms with Crippen LogP contribution < -0.4 is 5.32 Å². The fourth-order valence-electron chi connectivity index (χ4n) is 2.73. The second-order valence-electron chi connectivity index (χ2n) is 5.92. The summed E-state index contributed by atoms with van der Waals surface area (Å²) in [6, 6.07) is 7.16. The number of nitrogens with zero attached hydrogens (tertiary/aromatic N) is 1. The zero-order valence-electron chi connectivity index (χ0n) is 14.3. The van der Waals surface area contributed by atoms with E-state index in [1.165, 1.54) is 10.6 Å². The number of benzene rings is 1. The lowest BCUT2D eigenvalue weighted by Gasteiger charge is -2.26. The predicted molar refractivity (Wildman–Crippen MR) is 93.3 cm³/mol. The van der Waals surface area contributed by atoms with Gasteiger partial charge in [-0.2, -0.15) is 4.31 Å². The largest absolute Gasteiger partial charge is 0.494 e. The lowest BCUT2D eigenvalue weighted by Crippen LogP contribution is -2.41. The van der Waals surface area contributed by atoms with Gasteiger partial charge in [-0.15, -0.1) is 0 Å². The predicted octanol–water partition coefficient (Wildman–Crippen LogP) is 0.353. The summed E-state index contributed by atoms with van der Waals surface area (Å²) in [5.74, 6) is -0.383. The van der Waals surface area contributed by atoms with Crippen molar-refractivity contribution in [2.45, 2.75) is 12.3 Å². The Labute approximate surface area is 152 Å². The molecule has 2 aliphatic rings. The highest BCUT2D eigenvalue weighted by Crippen LogP contribution is 2.17. The highest BCUT2D eigenvalue weighted by molar-refractivity contribution is 7.88. The van der Waals surface area contributed by atoms with Crippen LogP contribution in [0.25, 0.3) is 0 Å². The summed E-state index contributed by atoms with van der Waals surface area (Å²) in [6.07, 6.45) is 1.29. The van der Waals surface area contributed by atoms with Crippen LogP contribution >= 0.6 is 0 Å². The van der Waals surface area contributed by atoms with Gasteiger partial charge < -0.3 is 19.5 Å². The maximum absolute atomic E-state index is 12.6. The zero-order valence-corrected chi connectivity index (χ0v) is 15.2. The van der Waals surface area contributed by atoms with Crippen molar-refractivity contribution in [3.63, 3.8) is 0 Å². The van der Waals surface area contributed by atoms with E-state index in [2.05, 4.69) is 5.32 Å². The Morgan fingerprint density at radius 2 is 1.81 bits per heavy atom. The number of carbonyl (C=O) groups excluding carboxylic acids is 1. The van der Waals surface area contributed by atoms with E-state index in [-0.39, 0.29) is 18.1 Å². The van der Waals surface area contributed by atoms with Gasteiger partial charge in [0.25, 0.3) is 5.91 Å². The van der Waals surface area contributed by atoms with Crippen molar-refractivity contribution in [1.29, 1.82) is 0 Å². The molecule has 2 heterocycles. The van der Waals surface area contributed by atoms with Crippen molar-refractivity contribution in [3.8, 4) is 0 Å². The van der Waals surface area contributed by atoms with Gasteiger partial charge in [0.15, 0.2) is 0 Å². The van der Waals surface area contributed by atoms with E-state index in [4.69, 9.17) is 14.2 Å². The molecule has 8 nitrogen and oxygen atoms in total. The molecule has 9 heteroatoms. The molecular formula is C17H22N2O6S. The van der Waals surface area contributed by atoms with Crippen LogP contribution in [0.2, 0.25) is 0 Å². The van der Waals surface area contributed by atoms with Crippen LogP contribution in [0.1, 0.15) is 11.1 Å². The highest BCUT2D eigenvalue weighted by Gasteiger charge is 2.25. The summed E-state index contributed by atoms with van der Waals surface area (Å²) in [7, 11) is -3.43. The van der Waals surface area contributed by atoms with Crippen molar-refractivity contribution in [2.75, 3.05) is 39.5 Å². The van der Waals surface area contributed by atoms with E-state index < -0.39 is 15.9 Å². The van der Waals surface area contributed by atoms with Gasteiger partial charge in [-0.25, -0.2) is 8.42 Å². The third-order valence-corrected chi connectivity index (χ3v) is 5.96. The van der Waals surface area contributed by atoms with Gasteiger partial charge in [0, 0.05) is 19.6 Å². The molecule has 0 unspecified atom stereocenters. The van der Waals surface area contributed by atoms with Crippen LogP contribution in [0.15, 0.2) is 36.3 Å². The molecule has 1 amide bonds. The Morgan fingerprint density at radius 1 is 1.08 bits per heavy atom. The van der Waals surface area contributed by atoms with Crippen LogP contribution in [0.5, 0.6) is 0 Å². The van der Waals surface area contributed by atoms with Crippen molar-refractivity contribution < 1.29 is 27.4 Å². The van der Waals surface area contributed by atoms with E-state index in [0.717, 1.165) is 5.56 Å². The van der Waals surface area contributed by atoms with Crippen LogP contribution in [0, 0.1) is 0 Å². The van der Waals surface area contributed by atoms with E-state index >= 15 is 0 Å². The van der Waals surface area contributed by atoms with Crippen molar-refractivity contribution in [1.82, 2.24) is 9.62 Å². The third kappa shape index (κ3) is 4.75. The van der Waals surface area contributed by atoms with Gasteiger partial charge in [0.05, 0.1) is 19.0 Å². The number of nitrogens with one attached hydrogen (secondary N) is 1. The topological polar surface area (TPSA) is 94.2 Å². The van der Waals surface area contributed by atoms with Gasteiger partial charge in [0.2, 0.25) is 15.8 Å². The summed E-state index contributed by atoms with van der Waals surface area (Å²) in [5.41, 5.74) is 1.41. The number of morpholine rings is 1. The standard InChI is InChI=1S/C17H22N2O6S/c20-17(16-12-24-9-10-25-16)18-11-14-3-1-2-4-15(14)13-26(21,22)19-5-7-23-8-6-19/h1-4,12H,5-11,13H2,(H,18,20). The minimum atomic E-state index is -3.43. The van der Waals surface area contributed by atoms with Crippen molar-refractivity contribution >= 4 is 15.9 Å². The molecule has 1 fully saturated rings. The van der Waals surface area contributed by atoms with Crippen LogP contribution in [-0.2, 0) is 41.3 Å². The Bertz CT molecular complexity index is 771. The van der Waals surface area contributed by atoms with E-state index in [0.29, 0.717) is 45.1 Å². The molecule has 1 saturated heterocycles. The number of amides is 1. The third-order valence-electron chi connectivity index (χ3n) is 4.13. The summed E-state index contributed by atoms with van der Waals surface area (Å²) in [4.78, 5) is 12.1. The van der Waals surface area contributed by atoms with E-state index in [1.807, 2.05) is 6.07 Å². The fourth-order valence-corrected chi connectivity index (χ4v) is 4.30. The van der Waals surface area contributed by atoms with E-state index in [1.54, 1.807) is 18.2 Å². The second-order valence-corrected chi connectivity index (χ2v) is 7.89. The lowest BCUT2D eigenvalue weighted by molar-refractivity contribution is -0.122. The Kier molecular flexibility index (Phi) is 6.12. The van der Waals surface area contributed by atoms with E-state index in [9.17, 15) is 13.2 Å². The van der Waals surface area contributed by atoms with Gasteiger partial charge in [-0.1, -0.05) is 24.3 Å². The summed E-state index contributed by atoms with van der Waals surface area (Å²) in [6.45, 7) is 2.50. The number of sulfonamides is 1. The first-order valence-electron chi connectivity index (χ1n) is 8.41. The lowest BCUT2D eigenvalue weighted by atomic mass is 10.1. The van der Waals surface area contributed by atoms with Gasteiger partial charge in [-0.05, 0) is 11.1 Å². The van der Waals surface area contributed by atoms with Crippen LogP contribution in [-0.4, -0.2) is 58.1 Å². The monoisotopic (exact) mass is 382 g/mol. The highest BCUT2D eigenvalue weighted by atomic mass is 32.2. The minimum Gasteiger partial charge on any atom is -0.494 e. The molecule has 1 N–H and O–H groups in total. The summed E-state index contributed by atoms with van der Waals surface area (Å²) in [5, 5.41) is 2.73.